The normalized spacial score (nSPS) is 17.9. The second kappa shape index (κ2) is 5.12. The summed E-state index contributed by atoms with van der Waals surface area (Å²) in [7, 11) is 0. The molecule has 0 amide bonds. The van der Waals surface area contributed by atoms with Crippen LogP contribution in [0.1, 0.15) is 24.8 Å². The highest BCUT2D eigenvalue weighted by Gasteiger charge is 2.27. The molecule has 1 aromatic rings. The fourth-order valence-corrected chi connectivity index (χ4v) is 1.99. The molecule has 16 heavy (non-hydrogen) atoms. The number of hydrogen-bond donors (Lipinski definition) is 1. The standard InChI is InChI=1S/C13H17NO2/c1-2-7-16-9-13(15)11-8-14-12-6-4-3-5-10(11)12/h3-6,11,14H,2,7-9H2,1H3. The van der Waals surface area contributed by atoms with E-state index in [0.29, 0.717) is 13.2 Å². The third kappa shape index (κ3) is 2.25. The molecule has 2 rings (SSSR count). The monoisotopic (exact) mass is 219 g/mol. The molecule has 86 valence electrons. The summed E-state index contributed by atoms with van der Waals surface area (Å²) in [5.41, 5.74) is 2.18. The predicted octanol–water partition coefficient (Wildman–Crippen LogP) is 2.19. The van der Waals surface area contributed by atoms with Gasteiger partial charge in [0.25, 0.3) is 0 Å². The van der Waals surface area contributed by atoms with Crippen LogP contribution in [-0.2, 0) is 9.53 Å². The number of benzene rings is 1. The van der Waals surface area contributed by atoms with Gasteiger partial charge >= 0.3 is 0 Å². The Morgan fingerprint density at radius 2 is 2.31 bits per heavy atom. The Hall–Kier alpha value is -1.35. The van der Waals surface area contributed by atoms with Gasteiger partial charge in [-0.15, -0.1) is 0 Å². The number of rotatable bonds is 5. The number of Topliss-reactive ketones (excluding diaryl/α,β-unsaturated/α-hetero) is 1. The first kappa shape index (κ1) is 11.1. The summed E-state index contributed by atoms with van der Waals surface area (Å²) in [6.07, 6.45) is 0.951. The van der Waals surface area contributed by atoms with E-state index in [4.69, 9.17) is 4.74 Å². The van der Waals surface area contributed by atoms with Crippen LogP contribution in [0.5, 0.6) is 0 Å². The maximum Gasteiger partial charge on any atom is 0.167 e. The van der Waals surface area contributed by atoms with Gasteiger partial charge in [-0.05, 0) is 18.1 Å². The number of para-hydroxylation sites is 1. The summed E-state index contributed by atoms with van der Waals surface area (Å²) in [6, 6.07) is 7.97. The van der Waals surface area contributed by atoms with Crippen LogP contribution in [-0.4, -0.2) is 25.5 Å². The van der Waals surface area contributed by atoms with Gasteiger partial charge in [-0.3, -0.25) is 4.79 Å². The van der Waals surface area contributed by atoms with Crippen molar-refractivity contribution >= 4 is 11.5 Å². The zero-order chi connectivity index (χ0) is 11.4. The molecule has 3 nitrogen and oxygen atoms in total. The van der Waals surface area contributed by atoms with Crippen molar-refractivity contribution in [1.29, 1.82) is 0 Å². The molecular weight excluding hydrogens is 202 g/mol. The summed E-state index contributed by atoms with van der Waals surface area (Å²) >= 11 is 0. The Labute approximate surface area is 95.8 Å². The zero-order valence-corrected chi connectivity index (χ0v) is 9.53. The second-order valence-corrected chi connectivity index (χ2v) is 4.04. The maximum atomic E-state index is 11.9. The molecule has 0 saturated heterocycles. The first-order chi connectivity index (χ1) is 7.83. The van der Waals surface area contributed by atoms with Crippen molar-refractivity contribution in [3.05, 3.63) is 29.8 Å². The van der Waals surface area contributed by atoms with Crippen molar-refractivity contribution in [2.75, 3.05) is 25.1 Å². The van der Waals surface area contributed by atoms with Crippen LogP contribution in [0.2, 0.25) is 0 Å². The number of carbonyl (C=O) groups is 1. The summed E-state index contributed by atoms with van der Waals surface area (Å²) in [6.45, 7) is 3.63. The van der Waals surface area contributed by atoms with Gasteiger partial charge in [0.05, 0.1) is 5.92 Å². The minimum absolute atomic E-state index is 0.0342. The third-order valence-electron chi connectivity index (χ3n) is 2.81. The zero-order valence-electron chi connectivity index (χ0n) is 9.53. The lowest BCUT2D eigenvalue weighted by molar-refractivity contribution is -0.124. The van der Waals surface area contributed by atoms with Crippen LogP contribution in [0.4, 0.5) is 5.69 Å². The lowest BCUT2D eigenvalue weighted by Crippen LogP contribution is -2.20. The SMILES string of the molecule is CCCOCC(=O)C1CNc2ccccc21. The number of hydrogen-bond acceptors (Lipinski definition) is 3. The van der Waals surface area contributed by atoms with Crippen LogP contribution in [0.3, 0.4) is 0 Å². The lowest BCUT2D eigenvalue weighted by atomic mass is 9.97. The number of anilines is 1. The Morgan fingerprint density at radius 3 is 3.12 bits per heavy atom. The molecule has 0 radical (unpaired) electrons. The first-order valence-electron chi connectivity index (χ1n) is 5.76. The van der Waals surface area contributed by atoms with Gasteiger partial charge in [-0.1, -0.05) is 25.1 Å². The van der Waals surface area contributed by atoms with Crippen molar-refractivity contribution in [1.82, 2.24) is 0 Å². The minimum Gasteiger partial charge on any atom is -0.384 e. The van der Waals surface area contributed by atoms with Gasteiger partial charge in [-0.2, -0.15) is 0 Å². The highest BCUT2D eigenvalue weighted by atomic mass is 16.5. The molecular formula is C13H17NO2. The third-order valence-corrected chi connectivity index (χ3v) is 2.81. The van der Waals surface area contributed by atoms with Crippen molar-refractivity contribution in [2.45, 2.75) is 19.3 Å². The summed E-state index contributed by atoms with van der Waals surface area (Å²) < 4.78 is 5.29. The Kier molecular flexibility index (Phi) is 3.57. The molecule has 1 atom stereocenters. The number of fused-ring (bicyclic) bond motifs is 1. The number of carbonyl (C=O) groups excluding carboxylic acids is 1. The molecule has 1 N–H and O–H groups in total. The first-order valence-corrected chi connectivity index (χ1v) is 5.76. The van der Waals surface area contributed by atoms with Gasteiger partial charge in [-0.25, -0.2) is 0 Å². The molecule has 0 aromatic heterocycles. The Morgan fingerprint density at radius 1 is 1.50 bits per heavy atom. The number of nitrogens with one attached hydrogen (secondary N) is 1. The van der Waals surface area contributed by atoms with E-state index in [2.05, 4.69) is 5.32 Å². The molecule has 0 spiro atoms. The van der Waals surface area contributed by atoms with Crippen molar-refractivity contribution in [3.8, 4) is 0 Å². The van der Waals surface area contributed by atoms with E-state index in [0.717, 1.165) is 17.7 Å². The van der Waals surface area contributed by atoms with Crippen LogP contribution in [0, 0.1) is 0 Å². The van der Waals surface area contributed by atoms with E-state index < -0.39 is 0 Å². The van der Waals surface area contributed by atoms with E-state index in [1.807, 2.05) is 31.2 Å². The molecule has 3 heteroatoms. The second-order valence-electron chi connectivity index (χ2n) is 4.04. The molecule has 0 aliphatic carbocycles. The van der Waals surface area contributed by atoms with E-state index >= 15 is 0 Å². The number of ether oxygens (including phenoxy) is 1. The molecule has 0 fully saturated rings. The minimum atomic E-state index is -0.0342. The lowest BCUT2D eigenvalue weighted by Gasteiger charge is -2.09. The van der Waals surface area contributed by atoms with Crippen LogP contribution >= 0.6 is 0 Å². The summed E-state index contributed by atoms with van der Waals surface area (Å²) in [4.78, 5) is 11.9. The number of ketones is 1. The van der Waals surface area contributed by atoms with Crippen LogP contribution in [0.15, 0.2) is 24.3 Å². The highest BCUT2D eigenvalue weighted by molar-refractivity contribution is 5.90. The molecule has 0 bridgehead atoms. The molecule has 1 aromatic carbocycles. The van der Waals surface area contributed by atoms with Gasteiger partial charge in [0.15, 0.2) is 5.78 Å². The van der Waals surface area contributed by atoms with E-state index in [1.165, 1.54) is 0 Å². The topological polar surface area (TPSA) is 38.3 Å². The highest BCUT2D eigenvalue weighted by Crippen LogP contribution is 2.31. The molecule has 1 aliphatic heterocycles. The smallest absolute Gasteiger partial charge is 0.167 e. The Bertz CT molecular complexity index is 376. The van der Waals surface area contributed by atoms with Crippen LogP contribution < -0.4 is 5.32 Å². The fourth-order valence-electron chi connectivity index (χ4n) is 1.99. The van der Waals surface area contributed by atoms with Gasteiger partial charge in [0, 0.05) is 18.8 Å². The molecule has 1 aliphatic rings. The van der Waals surface area contributed by atoms with E-state index in [-0.39, 0.29) is 18.3 Å². The fraction of sp³-hybridized carbons (Fsp3) is 0.462. The van der Waals surface area contributed by atoms with Gasteiger partial charge < -0.3 is 10.1 Å². The average Bonchev–Trinajstić information content (AvgIpc) is 2.73. The van der Waals surface area contributed by atoms with E-state index in [1.54, 1.807) is 0 Å². The van der Waals surface area contributed by atoms with E-state index in [9.17, 15) is 4.79 Å². The maximum absolute atomic E-state index is 11.9. The molecule has 0 saturated carbocycles. The largest absolute Gasteiger partial charge is 0.384 e. The quantitative estimate of drug-likeness (QED) is 0.771. The summed E-state index contributed by atoms with van der Waals surface area (Å²) in [5.74, 6) is 0.138. The van der Waals surface area contributed by atoms with Crippen molar-refractivity contribution in [3.63, 3.8) is 0 Å². The van der Waals surface area contributed by atoms with Gasteiger partial charge in [0.2, 0.25) is 0 Å². The summed E-state index contributed by atoms with van der Waals surface area (Å²) in [5, 5.41) is 3.25. The van der Waals surface area contributed by atoms with Gasteiger partial charge in [0.1, 0.15) is 6.61 Å². The molecule has 1 heterocycles. The van der Waals surface area contributed by atoms with Crippen LogP contribution in [0.25, 0.3) is 0 Å². The van der Waals surface area contributed by atoms with Crippen molar-refractivity contribution < 1.29 is 9.53 Å². The average molecular weight is 219 g/mol. The molecule has 1 unspecified atom stereocenters. The van der Waals surface area contributed by atoms with Crippen molar-refractivity contribution in [2.24, 2.45) is 0 Å². The Balaban J connectivity index is 1.99. The predicted molar refractivity (Wildman–Crippen MR) is 63.8 cm³/mol.